The molecule has 0 amide bonds. The van der Waals surface area contributed by atoms with Crippen LogP contribution in [0.15, 0.2) is 0 Å². The Balaban J connectivity index is 3.70. The molecule has 0 heterocycles. The molecule has 0 aliphatic rings. The number of aliphatic hydroxyl groups excluding tert-OH is 1. The summed E-state index contributed by atoms with van der Waals surface area (Å²) in [6.45, 7) is 1.43. The molecule has 0 aromatic rings. The van der Waals surface area contributed by atoms with Crippen molar-refractivity contribution in [2.45, 2.75) is 12.5 Å². The van der Waals surface area contributed by atoms with Crippen molar-refractivity contribution >= 4 is 9.84 Å². The van der Waals surface area contributed by atoms with E-state index in [4.69, 9.17) is 5.11 Å². The van der Waals surface area contributed by atoms with Crippen LogP contribution in [0.4, 0.5) is 0 Å². The van der Waals surface area contributed by atoms with Gasteiger partial charge in [0.05, 0.1) is 12.4 Å². The normalized spacial score (nSPS) is 14.5. The van der Waals surface area contributed by atoms with E-state index in [0.29, 0.717) is 6.54 Å². The molecule has 0 rings (SSSR count). The van der Waals surface area contributed by atoms with Crippen LogP contribution in [-0.4, -0.2) is 70.3 Å². The van der Waals surface area contributed by atoms with E-state index in [0.717, 1.165) is 13.0 Å². The highest BCUT2D eigenvalue weighted by atomic mass is 32.2. The Labute approximate surface area is 92.4 Å². The number of sulfone groups is 1. The first-order chi connectivity index (χ1) is 6.89. The smallest absolute Gasteiger partial charge is 0.148 e. The fraction of sp³-hybridized carbons (Fsp3) is 1.00. The van der Waals surface area contributed by atoms with E-state index in [9.17, 15) is 8.42 Å². The van der Waals surface area contributed by atoms with Crippen LogP contribution in [0.1, 0.15) is 6.42 Å². The topological polar surface area (TPSA) is 69.6 Å². The minimum absolute atomic E-state index is 0.0886. The van der Waals surface area contributed by atoms with Gasteiger partial charge in [-0.15, -0.1) is 0 Å². The second-order valence-corrected chi connectivity index (χ2v) is 6.15. The summed E-state index contributed by atoms with van der Waals surface area (Å²) in [5.74, 6) is 0.187. The first kappa shape index (κ1) is 14.8. The highest BCUT2D eigenvalue weighted by Gasteiger charge is 2.08. The molecule has 1 unspecified atom stereocenters. The first-order valence-electron chi connectivity index (χ1n) is 5.03. The molecule has 0 aromatic heterocycles. The molecule has 0 radical (unpaired) electrons. The van der Waals surface area contributed by atoms with Gasteiger partial charge >= 0.3 is 0 Å². The maximum atomic E-state index is 10.9. The summed E-state index contributed by atoms with van der Waals surface area (Å²) in [7, 11) is 0.812. The molecule has 0 aliphatic carbocycles. The van der Waals surface area contributed by atoms with Crippen LogP contribution in [0.2, 0.25) is 0 Å². The predicted octanol–water partition coefficient (Wildman–Crippen LogP) is -1.07. The van der Waals surface area contributed by atoms with Gasteiger partial charge in [-0.25, -0.2) is 8.42 Å². The van der Waals surface area contributed by atoms with Gasteiger partial charge in [-0.2, -0.15) is 0 Å². The lowest BCUT2D eigenvalue weighted by molar-refractivity contribution is 0.225. The molecule has 1 atom stereocenters. The average Bonchev–Trinajstić information content (AvgIpc) is 2.15. The van der Waals surface area contributed by atoms with Crippen LogP contribution in [0.25, 0.3) is 0 Å². The SMILES string of the molecule is CNC(CO)CCN(C)CCS(C)(=O)=O. The number of aliphatic hydroxyl groups is 1. The zero-order valence-electron chi connectivity index (χ0n) is 9.73. The van der Waals surface area contributed by atoms with E-state index < -0.39 is 9.84 Å². The Bertz CT molecular complexity index is 250. The minimum Gasteiger partial charge on any atom is -0.395 e. The molecule has 5 nitrogen and oxygen atoms in total. The molecular weight excluding hydrogens is 216 g/mol. The van der Waals surface area contributed by atoms with E-state index in [-0.39, 0.29) is 18.4 Å². The van der Waals surface area contributed by atoms with Gasteiger partial charge in [0.15, 0.2) is 0 Å². The van der Waals surface area contributed by atoms with Crippen molar-refractivity contribution in [3.05, 3.63) is 0 Å². The van der Waals surface area contributed by atoms with Gasteiger partial charge in [0.25, 0.3) is 0 Å². The third-order valence-electron chi connectivity index (χ3n) is 2.33. The van der Waals surface area contributed by atoms with Gasteiger partial charge in [-0.3, -0.25) is 0 Å². The van der Waals surface area contributed by atoms with Crippen LogP contribution < -0.4 is 5.32 Å². The highest BCUT2D eigenvalue weighted by molar-refractivity contribution is 7.90. The molecule has 0 bridgehead atoms. The lowest BCUT2D eigenvalue weighted by Gasteiger charge is -2.19. The Morgan fingerprint density at radius 1 is 1.40 bits per heavy atom. The van der Waals surface area contributed by atoms with E-state index in [1.165, 1.54) is 6.26 Å². The van der Waals surface area contributed by atoms with Gasteiger partial charge in [0.2, 0.25) is 0 Å². The van der Waals surface area contributed by atoms with Crippen molar-refractivity contribution in [1.29, 1.82) is 0 Å². The van der Waals surface area contributed by atoms with Crippen molar-refractivity contribution in [1.82, 2.24) is 10.2 Å². The Morgan fingerprint density at radius 2 is 2.00 bits per heavy atom. The summed E-state index contributed by atoms with van der Waals surface area (Å²) >= 11 is 0. The van der Waals surface area contributed by atoms with Gasteiger partial charge in [0.1, 0.15) is 9.84 Å². The summed E-state index contributed by atoms with van der Waals surface area (Å²) in [5, 5.41) is 11.9. The molecule has 2 N–H and O–H groups in total. The summed E-state index contributed by atoms with van der Waals surface area (Å²) in [5.41, 5.74) is 0. The largest absolute Gasteiger partial charge is 0.395 e. The summed E-state index contributed by atoms with van der Waals surface area (Å²) < 4.78 is 21.8. The lowest BCUT2D eigenvalue weighted by atomic mass is 10.2. The van der Waals surface area contributed by atoms with Crippen molar-refractivity contribution in [2.75, 3.05) is 45.8 Å². The summed E-state index contributed by atoms with van der Waals surface area (Å²) in [4.78, 5) is 1.96. The number of likely N-dealkylation sites (N-methyl/N-ethyl adjacent to an activating group) is 1. The van der Waals surface area contributed by atoms with Crippen molar-refractivity contribution in [3.63, 3.8) is 0 Å². The van der Waals surface area contributed by atoms with Crippen LogP contribution in [0.3, 0.4) is 0 Å². The third kappa shape index (κ3) is 8.80. The molecule has 0 aliphatic heterocycles. The molecule has 0 spiro atoms. The fourth-order valence-electron chi connectivity index (χ4n) is 1.14. The highest BCUT2D eigenvalue weighted by Crippen LogP contribution is 1.94. The van der Waals surface area contributed by atoms with Gasteiger partial charge in [-0.05, 0) is 27.1 Å². The van der Waals surface area contributed by atoms with E-state index >= 15 is 0 Å². The van der Waals surface area contributed by atoms with E-state index in [2.05, 4.69) is 5.32 Å². The maximum Gasteiger partial charge on any atom is 0.148 e. The van der Waals surface area contributed by atoms with Crippen LogP contribution in [0.5, 0.6) is 0 Å². The number of rotatable bonds is 8. The van der Waals surface area contributed by atoms with Gasteiger partial charge in [0, 0.05) is 18.8 Å². The van der Waals surface area contributed by atoms with Crippen molar-refractivity contribution < 1.29 is 13.5 Å². The summed E-state index contributed by atoms with van der Waals surface area (Å²) in [6.07, 6.45) is 2.05. The Morgan fingerprint density at radius 3 is 2.40 bits per heavy atom. The number of nitrogens with one attached hydrogen (secondary N) is 1. The quantitative estimate of drug-likeness (QED) is 0.564. The molecule has 15 heavy (non-hydrogen) atoms. The zero-order valence-corrected chi connectivity index (χ0v) is 10.5. The van der Waals surface area contributed by atoms with Crippen molar-refractivity contribution in [2.24, 2.45) is 0 Å². The number of nitrogens with zero attached hydrogens (tertiary/aromatic N) is 1. The average molecular weight is 238 g/mol. The molecule has 0 saturated carbocycles. The Kier molecular flexibility index (Phi) is 7.08. The minimum atomic E-state index is -2.88. The molecule has 92 valence electrons. The van der Waals surface area contributed by atoms with Crippen LogP contribution >= 0.6 is 0 Å². The predicted molar refractivity (Wildman–Crippen MR) is 61.8 cm³/mol. The number of hydrogen-bond acceptors (Lipinski definition) is 5. The summed E-state index contributed by atoms with van der Waals surface area (Å²) in [6, 6.07) is 0.0886. The second-order valence-electron chi connectivity index (χ2n) is 3.89. The molecular formula is C9H22N2O3S. The number of hydrogen-bond donors (Lipinski definition) is 2. The standard InChI is InChI=1S/C9H22N2O3S/c1-10-9(8-12)4-5-11(2)6-7-15(3,13)14/h9-10,12H,4-8H2,1-3H3. The van der Waals surface area contributed by atoms with E-state index in [1.54, 1.807) is 7.05 Å². The lowest BCUT2D eigenvalue weighted by Crippen LogP contribution is -2.34. The first-order valence-corrected chi connectivity index (χ1v) is 7.09. The van der Waals surface area contributed by atoms with Gasteiger partial charge in [-0.1, -0.05) is 0 Å². The molecule has 6 heteroatoms. The second kappa shape index (κ2) is 7.16. The van der Waals surface area contributed by atoms with Crippen LogP contribution in [-0.2, 0) is 9.84 Å². The van der Waals surface area contributed by atoms with Gasteiger partial charge < -0.3 is 15.3 Å². The van der Waals surface area contributed by atoms with E-state index in [1.807, 2.05) is 11.9 Å². The molecule has 0 aromatic carbocycles. The third-order valence-corrected chi connectivity index (χ3v) is 3.26. The van der Waals surface area contributed by atoms with Crippen molar-refractivity contribution in [3.8, 4) is 0 Å². The Hall–Kier alpha value is -0.170. The fourth-order valence-corrected chi connectivity index (χ4v) is 1.78. The molecule has 0 saturated heterocycles. The monoisotopic (exact) mass is 238 g/mol. The zero-order chi connectivity index (χ0) is 11.9. The maximum absolute atomic E-state index is 10.9. The molecule has 0 fully saturated rings. The van der Waals surface area contributed by atoms with Crippen LogP contribution in [0, 0.1) is 0 Å².